The molecule has 1 saturated carbocycles. The normalized spacial score (nSPS) is 14.7. The van der Waals surface area contributed by atoms with Crippen molar-refractivity contribution in [3.63, 3.8) is 0 Å². The van der Waals surface area contributed by atoms with Gasteiger partial charge in [0.05, 0.1) is 16.4 Å². The van der Waals surface area contributed by atoms with E-state index in [0.717, 1.165) is 34.7 Å². The molecule has 1 fully saturated rings. The van der Waals surface area contributed by atoms with Gasteiger partial charge in [0.15, 0.2) is 0 Å². The van der Waals surface area contributed by atoms with Gasteiger partial charge in [0, 0.05) is 27.7 Å². The van der Waals surface area contributed by atoms with Gasteiger partial charge in [-0.25, -0.2) is 9.36 Å². The number of tetrazole rings is 1. The van der Waals surface area contributed by atoms with Crippen LogP contribution in [0, 0.1) is 12.8 Å². The summed E-state index contributed by atoms with van der Waals surface area (Å²) in [6.45, 7) is 2.83. The van der Waals surface area contributed by atoms with Gasteiger partial charge in [-0.05, 0) is 66.4 Å². The fourth-order valence-electron chi connectivity index (χ4n) is 4.59. The zero-order chi connectivity index (χ0) is 22.9. The zero-order valence-electron chi connectivity index (χ0n) is 18.2. The van der Waals surface area contributed by atoms with Gasteiger partial charge in [0.1, 0.15) is 5.69 Å². The van der Waals surface area contributed by atoms with E-state index < -0.39 is 0 Å². The molecule has 6 nitrogen and oxygen atoms in total. The number of nitrogens with zero attached hydrogens (tertiary/aromatic N) is 6. The molecule has 1 aliphatic carbocycles. The van der Waals surface area contributed by atoms with E-state index in [1.54, 1.807) is 12.1 Å². The smallest absolute Gasteiger partial charge is 0.202 e. The first-order valence-corrected chi connectivity index (χ1v) is 12.2. The number of halogens is 3. The van der Waals surface area contributed by atoms with Crippen LogP contribution in [-0.2, 0) is 6.54 Å². The molecule has 1 aliphatic rings. The minimum Gasteiger partial charge on any atom is -0.231 e. The summed E-state index contributed by atoms with van der Waals surface area (Å²) in [6, 6.07) is 13.1. The molecule has 9 heteroatoms. The van der Waals surface area contributed by atoms with Crippen LogP contribution in [-0.4, -0.2) is 30.0 Å². The Morgan fingerprint density at radius 3 is 2.39 bits per heavy atom. The quantitative estimate of drug-likeness (QED) is 0.294. The molecule has 0 N–H and O–H groups in total. The van der Waals surface area contributed by atoms with Crippen LogP contribution in [0.5, 0.6) is 0 Å². The molecule has 2 aromatic carbocycles. The summed E-state index contributed by atoms with van der Waals surface area (Å²) in [4.78, 5) is 0. The Balaban J connectivity index is 1.64. The maximum Gasteiger partial charge on any atom is 0.202 e. The second-order valence-corrected chi connectivity index (χ2v) is 9.81. The highest BCUT2D eigenvalue weighted by Gasteiger charge is 2.25. The third kappa shape index (κ3) is 4.52. The molecular weight excluding hydrogens is 479 g/mol. The zero-order valence-corrected chi connectivity index (χ0v) is 20.4. The summed E-state index contributed by atoms with van der Waals surface area (Å²) in [5, 5.41) is 19.3. The second-order valence-electron chi connectivity index (χ2n) is 8.53. The van der Waals surface area contributed by atoms with E-state index in [9.17, 15) is 0 Å². The van der Waals surface area contributed by atoms with Crippen molar-refractivity contribution in [2.45, 2.75) is 45.6 Å². The molecule has 2 heterocycles. The molecule has 170 valence electrons. The summed E-state index contributed by atoms with van der Waals surface area (Å²) in [5.74, 6) is 1.25. The first-order valence-electron chi connectivity index (χ1n) is 11.1. The van der Waals surface area contributed by atoms with Crippen LogP contribution >= 0.6 is 34.8 Å². The summed E-state index contributed by atoms with van der Waals surface area (Å²) in [5.41, 5.74) is 4.28. The van der Waals surface area contributed by atoms with Crippen molar-refractivity contribution in [3.8, 4) is 28.5 Å². The van der Waals surface area contributed by atoms with Crippen LogP contribution in [0.15, 0.2) is 42.5 Å². The lowest BCUT2D eigenvalue weighted by atomic mass is 9.89. The molecule has 33 heavy (non-hydrogen) atoms. The van der Waals surface area contributed by atoms with Gasteiger partial charge >= 0.3 is 0 Å². The molecule has 0 radical (unpaired) electrons. The average Bonchev–Trinajstić information content (AvgIpc) is 3.39. The maximum atomic E-state index is 6.58. The van der Waals surface area contributed by atoms with Crippen LogP contribution in [0.2, 0.25) is 15.1 Å². The van der Waals surface area contributed by atoms with Crippen molar-refractivity contribution in [1.82, 2.24) is 30.0 Å². The largest absolute Gasteiger partial charge is 0.231 e. The first kappa shape index (κ1) is 22.4. The van der Waals surface area contributed by atoms with E-state index in [-0.39, 0.29) is 0 Å². The van der Waals surface area contributed by atoms with E-state index >= 15 is 0 Å². The Labute approximate surface area is 207 Å². The van der Waals surface area contributed by atoms with E-state index in [0.29, 0.717) is 26.8 Å². The van der Waals surface area contributed by atoms with Crippen molar-refractivity contribution in [1.29, 1.82) is 0 Å². The predicted octanol–water partition coefficient (Wildman–Crippen LogP) is 7.04. The Kier molecular flexibility index (Phi) is 6.41. The number of rotatable bonds is 5. The molecule has 5 rings (SSSR count). The van der Waals surface area contributed by atoms with Crippen molar-refractivity contribution < 1.29 is 0 Å². The minimum atomic E-state index is 0.508. The second kappa shape index (κ2) is 9.45. The third-order valence-electron chi connectivity index (χ3n) is 6.28. The van der Waals surface area contributed by atoms with Gasteiger partial charge in [-0.3, -0.25) is 0 Å². The number of aromatic nitrogens is 6. The van der Waals surface area contributed by atoms with Gasteiger partial charge in [0.25, 0.3) is 0 Å². The van der Waals surface area contributed by atoms with Crippen LogP contribution in [0.3, 0.4) is 0 Å². The van der Waals surface area contributed by atoms with Crippen molar-refractivity contribution in [3.05, 3.63) is 63.1 Å². The van der Waals surface area contributed by atoms with Gasteiger partial charge < -0.3 is 0 Å². The topological polar surface area (TPSA) is 61.4 Å². The van der Waals surface area contributed by atoms with Crippen LogP contribution in [0.1, 0.15) is 37.7 Å². The highest BCUT2D eigenvalue weighted by atomic mass is 35.5. The van der Waals surface area contributed by atoms with E-state index in [2.05, 4.69) is 15.5 Å². The van der Waals surface area contributed by atoms with Gasteiger partial charge in [-0.1, -0.05) is 66.2 Å². The number of hydrogen-bond donors (Lipinski definition) is 0. The molecule has 0 saturated heterocycles. The summed E-state index contributed by atoms with van der Waals surface area (Å²) in [7, 11) is 0. The van der Waals surface area contributed by atoms with Crippen LogP contribution < -0.4 is 0 Å². The highest BCUT2D eigenvalue weighted by molar-refractivity contribution is 6.35. The molecule has 0 aliphatic heterocycles. The molecule has 0 bridgehead atoms. The SMILES string of the molecule is Cc1c(-c2nnnn2CC2CCCCC2)nn(-c2ccc(Cl)cc2Cl)c1-c1ccc(Cl)cc1. The molecular formula is C24H23Cl3N6. The monoisotopic (exact) mass is 500 g/mol. The molecule has 0 unspecified atom stereocenters. The Morgan fingerprint density at radius 1 is 0.939 bits per heavy atom. The van der Waals surface area contributed by atoms with E-state index in [1.165, 1.54) is 32.1 Å². The molecule has 0 atom stereocenters. The first-order chi connectivity index (χ1) is 16.0. The van der Waals surface area contributed by atoms with E-state index in [1.807, 2.05) is 46.6 Å². The van der Waals surface area contributed by atoms with Crippen molar-refractivity contribution in [2.24, 2.45) is 5.92 Å². The lowest BCUT2D eigenvalue weighted by molar-refractivity contribution is 0.307. The van der Waals surface area contributed by atoms with Gasteiger partial charge in [0.2, 0.25) is 5.82 Å². The lowest BCUT2D eigenvalue weighted by Gasteiger charge is -2.21. The fourth-order valence-corrected chi connectivity index (χ4v) is 5.21. The van der Waals surface area contributed by atoms with Crippen LogP contribution in [0.4, 0.5) is 0 Å². The predicted molar refractivity (Wildman–Crippen MR) is 132 cm³/mol. The van der Waals surface area contributed by atoms with Crippen molar-refractivity contribution >= 4 is 34.8 Å². The maximum absolute atomic E-state index is 6.58. The number of hydrogen-bond acceptors (Lipinski definition) is 4. The summed E-state index contributed by atoms with van der Waals surface area (Å²) >= 11 is 18.9. The Hall–Kier alpha value is -2.41. The van der Waals surface area contributed by atoms with Crippen LogP contribution in [0.25, 0.3) is 28.5 Å². The molecule has 2 aromatic heterocycles. The Bertz CT molecular complexity index is 1270. The van der Waals surface area contributed by atoms with Gasteiger partial charge in [-0.15, -0.1) is 5.10 Å². The summed E-state index contributed by atoms with van der Waals surface area (Å²) < 4.78 is 3.73. The average molecular weight is 502 g/mol. The number of benzene rings is 2. The molecule has 0 amide bonds. The van der Waals surface area contributed by atoms with Crippen molar-refractivity contribution in [2.75, 3.05) is 0 Å². The fraction of sp³-hybridized carbons (Fsp3) is 0.333. The van der Waals surface area contributed by atoms with E-state index in [4.69, 9.17) is 39.9 Å². The lowest BCUT2D eigenvalue weighted by Crippen LogP contribution is -2.16. The minimum absolute atomic E-state index is 0.508. The third-order valence-corrected chi connectivity index (χ3v) is 7.07. The standard InChI is InChI=1S/C24H23Cl3N6/c1-15-22(24-28-30-31-32(24)14-16-5-3-2-4-6-16)29-33(21-12-11-19(26)13-20(21)27)23(15)17-7-9-18(25)10-8-17/h7-13,16H,2-6,14H2,1H3. The summed E-state index contributed by atoms with van der Waals surface area (Å²) in [6.07, 6.45) is 6.28. The van der Waals surface area contributed by atoms with Gasteiger partial charge in [-0.2, -0.15) is 5.10 Å². The highest BCUT2D eigenvalue weighted by Crippen LogP contribution is 2.36. The molecule has 4 aromatic rings. The molecule has 0 spiro atoms. The Morgan fingerprint density at radius 2 is 1.67 bits per heavy atom.